The summed E-state index contributed by atoms with van der Waals surface area (Å²) in [7, 11) is 0. The topological polar surface area (TPSA) is 0 Å². The van der Waals surface area contributed by atoms with Crippen molar-refractivity contribution in [2.24, 2.45) is 0 Å². The Morgan fingerprint density at radius 2 is 0.442 bits per heavy atom. The lowest BCUT2D eigenvalue weighted by Gasteiger charge is -2.15. The summed E-state index contributed by atoms with van der Waals surface area (Å²) < 4.78 is 30.0. The van der Waals surface area contributed by atoms with Crippen LogP contribution in [0.1, 0.15) is 0 Å². The van der Waals surface area contributed by atoms with Gasteiger partial charge in [0, 0.05) is 21.5 Å². The maximum absolute atomic E-state index is 15.0. The van der Waals surface area contributed by atoms with Gasteiger partial charge in [-0.3, -0.25) is 0 Å². The average Bonchev–Trinajstić information content (AvgIpc) is 3.67. The van der Waals surface area contributed by atoms with Crippen molar-refractivity contribution < 1.29 is 8.78 Å². The summed E-state index contributed by atoms with van der Waals surface area (Å²) in [5, 5.41) is 30.1. The van der Waals surface area contributed by atoms with Crippen LogP contribution in [-0.4, -0.2) is 0 Å². The molecule has 2 heteroatoms. The van der Waals surface area contributed by atoms with Crippen LogP contribution in [0.4, 0.5) is 8.78 Å². The second-order valence-electron chi connectivity index (χ2n) is 14.9. The minimum atomic E-state index is -0.175. The first kappa shape index (κ1) is 26.2. The molecule has 52 heavy (non-hydrogen) atoms. The van der Waals surface area contributed by atoms with Crippen molar-refractivity contribution in [2.75, 3.05) is 0 Å². The lowest BCUT2D eigenvalue weighted by atomic mass is 9.88. The molecule has 14 aromatic rings. The summed E-state index contributed by atoms with van der Waals surface area (Å²) in [6.07, 6.45) is 0. The van der Waals surface area contributed by atoms with Crippen LogP contribution >= 0.6 is 0 Å². The van der Waals surface area contributed by atoms with Gasteiger partial charge in [0.2, 0.25) is 0 Å². The first-order valence-electron chi connectivity index (χ1n) is 17.9. The van der Waals surface area contributed by atoms with Gasteiger partial charge in [-0.15, -0.1) is 0 Å². The Kier molecular flexibility index (Phi) is 4.26. The Bertz CT molecular complexity index is 3500. The van der Waals surface area contributed by atoms with Crippen molar-refractivity contribution in [3.63, 3.8) is 0 Å². The molecule has 0 aliphatic carbocycles. The molecule has 0 N–H and O–H groups in total. The molecule has 236 valence electrons. The van der Waals surface area contributed by atoms with Crippen molar-refractivity contribution in [1.29, 1.82) is 0 Å². The standard InChI is InChI=1S/C50H22F2/c51-43-17-15-27-31-9-13-35-41-21-24-22-42-36-14-10-32-28-16-18-44(52)38-6-2-4-26(46(28)38)30-8-12-34(50(36)48(30)32)40(42)20-23(24)19-39(41)33-11-7-29(47(31)49(33)35)25-3-1-5-37(43)45(25)27/h1-22H. The van der Waals surface area contributed by atoms with E-state index in [4.69, 9.17) is 0 Å². The van der Waals surface area contributed by atoms with Crippen LogP contribution in [0.5, 0.6) is 0 Å². The highest BCUT2D eigenvalue weighted by Crippen LogP contribution is 2.50. The first-order valence-corrected chi connectivity index (χ1v) is 17.9. The fraction of sp³-hybridized carbons (Fsp3) is 0. The summed E-state index contributed by atoms with van der Waals surface area (Å²) >= 11 is 0. The lowest BCUT2D eigenvalue weighted by molar-refractivity contribution is 0.640. The predicted molar refractivity (Wildman–Crippen MR) is 219 cm³/mol. The van der Waals surface area contributed by atoms with Crippen molar-refractivity contribution in [1.82, 2.24) is 0 Å². The summed E-state index contributed by atoms with van der Waals surface area (Å²) in [5.74, 6) is -0.349. The molecular formula is C50H22F2. The third-order valence-electron chi connectivity index (χ3n) is 12.7. The number of hydrogen-bond acceptors (Lipinski definition) is 0. The number of benzene rings is 12. The second kappa shape index (κ2) is 8.45. The third kappa shape index (κ3) is 2.78. The second-order valence-corrected chi connectivity index (χ2v) is 14.9. The number of rotatable bonds is 0. The van der Waals surface area contributed by atoms with E-state index in [-0.39, 0.29) is 11.6 Å². The highest BCUT2D eigenvalue weighted by Gasteiger charge is 2.22. The van der Waals surface area contributed by atoms with Gasteiger partial charge in [0.25, 0.3) is 0 Å². The molecule has 0 saturated carbocycles. The van der Waals surface area contributed by atoms with E-state index < -0.39 is 0 Å². The minimum Gasteiger partial charge on any atom is -0.206 e. The molecule has 0 aromatic heterocycles. The molecule has 0 heterocycles. The highest BCUT2D eigenvalue weighted by molar-refractivity contribution is 6.44. The van der Waals surface area contributed by atoms with Crippen LogP contribution in [0.3, 0.4) is 0 Å². The molecule has 14 rings (SSSR count). The summed E-state index contributed by atoms with van der Waals surface area (Å²) in [6.45, 7) is 0. The maximum atomic E-state index is 15.0. The molecule has 0 aliphatic rings. The van der Waals surface area contributed by atoms with Crippen LogP contribution in [0.2, 0.25) is 0 Å². The number of fused-ring (bicyclic) bond motifs is 11. The fourth-order valence-corrected chi connectivity index (χ4v) is 10.7. The SMILES string of the molecule is Fc1ccc2c3ccc4c5cc6cc7c(cc6cc5c5ccc(c6cccc1c62)c3c54)c1ccc2c3cccc4c(F)ccc(c5ccc7c1c25)c43. The van der Waals surface area contributed by atoms with E-state index in [0.29, 0.717) is 10.8 Å². The maximum Gasteiger partial charge on any atom is 0.131 e. The van der Waals surface area contributed by atoms with Gasteiger partial charge in [-0.1, -0.05) is 97.1 Å². The molecule has 0 saturated heterocycles. The first-order chi connectivity index (χ1) is 25.6. The van der Waals surface area contributed by atoms with Crippen LogP contribution in [0, 0.1) is 11.6 Å². The zero-order chi connectivity index (χ0) is 33.7. The zero-order valence-electron chi connectivity index (χ0n) is 27.5. The molecular weight excluding hydrogens is 639 g/mol. The fourth-order valence-electron chi connectivity index (χ4n) is 10.7. The van der Waals surface area contributed by atoms with Gasteiger partial charge in [-0.05, 0) is 155 Å². The molecule has 0 amide bonds. The van der Waals surface area contributed by atoms with Gasteiger partial charge >= 0.3 is 0 Å². The van der Waals surface area contributed by atoms with Crippen LogP contribution in [-0.2, 0) is 0 Å². The van der Waals surface area contributed by atoms with E-state index >= 15 is 8.78 Å². The van der Waals surface area contributed by atoms with Crippen LogP contribution < -0.4 is 0 Å². The largest absolute Gasteiger partial charge is 0.206 e. The Hall–Kier alpha value is -6.64. The third-order valence-corrected chi connectivity index (χ3v) is 12.7. The Labute approximate surface area is 293 Å². The van der Waals surface area contributed by atoms with E-state index in [2.05, 4.69) is 84.9 Å². The summed E-state index contributed by atoms with van der Waals surface area (Å²) in [4.78, 5) is 0. The van der Waals surface area contributed by atoms with E-state index in [1.165, 1.54) is 97.0 Å². The zero-order valence-corrected chi connectivity index (χ0v) is 27.5. The van der Waals surface area contributed by atoms with Gasteiger partial charge in [-0.25, -0.2) is 8.78 Å². The van der Waals surface area contributed by atoms with Crippen molar-refractivity contribution in [3.05, 3.63) is 145 Å². The smallest absolute Gasteiger partial charge is 0.131 e. The normalized spacial score (nSPS) is 13.2. The van der Waals surface area contributed by atoms with E-state index in [1.54, 1.807) is 12.1 Å². The van der Waals surface area contributed by atoms with Crippen LogP contribution in [0.15, 0.2) is 133 Å². The average molecular weight is 661 g/mol. The van der Waals surface area contributed by atoms with Gasteiger partial charge < -0.3 is 0 Å². The molecule has 0 fully saturated rings. The Balaban J connectivity index is 1.11. The summed E-state index contributed by atoms with van der Waals surface area (Å²) in [5.41, 5.74) is 0. The molecule has 0 bridgehead atoms. The Morgan fingerprint density at radius 3 is 0.769 bits per heavy atom. The number of halogens is 2. The van der Waals surface area contributed by atoms with Crippen molar-refractivity contribution in [2.45, 2.75) is 0 Å². The van der Waals surface area contributed by atoms with Gasteiger partial charge in [0.15, 0.2) is 0 Å². The quantitative estimate of drug-likeness (QED) is 0.112. The van der Waals surface area contributed by atoms with Gasteiger partial charge in [-0.2, -0.15) is 0 Å². The molecule has 0 radical (unpaired) electrons. The molecule has 0 atom stereocenters. The predicted octanol–water partition coefficient (Wildman–Crippen LogP) is 14.7. The van der Waals surface area contributed by atoms with E-state index in [0.717, 1.165) is 32.3 Å². The molecule has 0 aliphatic heterocycles. The van der Waals surface area contributed by atoms with Crippen molar-refractivity contribution in [3.8, 4) is 0 Å². The minimum absolute atomic E-state index is 0.175. The van der Waals surface area contributed by atoms with Crippen LogP contribution in [0.25, 0.3) is 140 Å². The molecule has 14 aromatic carbocycles. The highest BCUT2D eigenvalue weighted by atomic mass is 19.1. The van der Waals surface area contributed by atoms with Gasteiger partial charge in [0.05, 0.1) is 0 Å². The van der Waals surface area contributed by atoms with Gasteiger partial charge in [0.1, 0.15) is 11.6 Å². The molecule has 0 spiro atoms. The Morgan fingerprint density at radius 1 is 0.212 bits per heavy atom. The molecule has 0 nitrogen and oxygen atoms in total. The summed E-state index contributed by atoms with van der Waals surface area (Å²) in [6, 6.07) is 46.9. The molecule has 0 unspecified atom stereocenters. The lowest BCUT2D eigenvalue weighted by Crippen LogP contribution is -1.88. The number of hydrogen-bond donors (Lipinski definition) is 0. The van der Waals surface area contributed by atoms with E-state index in [9.17, 15) is 0 Å². The van der Waals surface area contributed by atoms with E-state index in [1.807, 2.05) is 36.4 Å². The van der Waals surface area contributed by atoms with Crippen molar-refractivity contribution >= 4 is 140 Å². The monoisotopic (exact) mass is 660 g/mol.